The molecule has 1 fully saturated rings. The van der Waals surface area contributed by atoms with Gasteiger partial charge in [0.15, 0.2) is 5.60 Å². The van der Waals surface area contributed by atoms with Crippen molar-refractivity contribution in [2.24, 2.45) is 0 Å². The molecular weight excluding hydrogens is 404 g/mol. The summed E-state index contributed by atoms with van der Waals surface area (Å²) in [4.78, 5) is 12.4. The van der Waals surface area contributed by atoms with Crippen molar-refractivity contribution in [2.75, 3.05) is 13.2 Å². The molecule has 5 nitrogen and oxygen atoms in total. The number of carbonyl (C=O) groups excluding carboxylic acids is 1. The molecule has 0 saturated carbocycles. The highest BCUT2D eigenvalue weighted by molar-refractivity contribution is 5.96. The third-order valence-corrected chi connectivity index (χ3v) is 5.32. The van der Waals surface area contributed by atoms with Gasteiger partial charge in [0.05, 0.1) is 19.8 Å². The molecule has 0 bridgehead atoms. The van der Waals surface area contributed by atoms with Gasteiger partial charge in [0.2, 0.25) is 0 Å². The van der Waals surface area contributed by atoms with Crippen LogP contribution in [0.1, 0.15) is 23.1 Å². The van der Waals surface area contributed by atoms with Crippen molar-refractivity contribution < 1.29 is 24.1 Å². The first-order valence-corrected chi connectivity index (χ1v) is 10.6. The number of rotatable bonds is 9. The van der Waals surface area contributed by atoms with Crippen LogP contribution in [0.25, 0.3) is 6.08 Å². The summed E-state index contributed by atoms with van der Waals surface area (Å²) in [7, 11) is 0. The van der Waals surface area contributed by atoms with Crippen molar-refractivity contribution in [3.63, 3.8) is 0 Å². The van der Waals surface area contributed by atoms with Crippen LogP contribution in [0, 0.1) is 0 Å². The number of aliphatic hydroxyl groups is 1. The van der Waals surface area contributed by atoms with E-state index in [0.717, 1.165) is 22.4 Å². The quantitative estimate of drug-likeness (QED) is 0.399. The van der Waals surface area contributed by atoms with E-state index in [9.17, 15) is 9.90 Å². The molecule has 32 heavy (non-hydrogen) atoms. The lowest BCUT2D eigenvalue weighted by Gasteiger charge is -2.24. The van der Waals surface area contributed by atoms with Crippen LogP contribution in [0.2, 0.25) is 0 Å². The molecule has 1 aliphatic rings. The van der Waals surface area contributed by atoms with Crippen LogP contribution in [0.15, 0.2) is 90.5 Å². The van der Waals surface area contributed by atoms with E-state index >= 15 is 0 Å². The van der Waals surface area contributed by atoms with Crippen molar-refractivity contribution in [3.8, 4) is 5.75 Å². The van der Waals surface area contributed by atoms with Gasteiger partial charge in [-0.15, -0.1) is 0 Å². The normalized spacial score (nSPS) is 19.2. The molecule has 4 rings (SSSR count). The minimum Gasteiger partial charge on any atom is -0.489 e. The van der Waals surface area contributed by atoms with Gasteiger partial charge in [0.25, 0.3) is 0 Å². The molecule has 3 aromatic rings. The van der Waals surface area contributed by atoms with Crippen LogP contribution in [-0.4, -0.2) is 29.9 Å². The van der Waals surface area contributed by atoms with E-state index in [1.165, 1.54) is 0 Å². The van der Waals surface area contributed by atoms with Crippen LogP contribution in [0.4, 0.5) is 0 Å². The second-order valence-corrected chi connectivity index (χ2v) is 7.90. The van der Waals surface area contributed by atoms with Crippen molar-refractivity contribution in [3.05, 3.63) is 107 Å². The minimum atomic E-state index is -1.05. The highest BCUT2D eigenvalue weighted by Gasteiger charge is 2.43. The Bertz CT molecular complexity index is 1040. The predicted molar refractivity (Wildman–Crippen MR) is 122 cm³/mol. The molecule has 0 spiro atoms. The fourth-order valence-electron chi connectivity index (χ4n) is 3.57. The zero-order chi connectivity index (χ0) is 22.2. The van der Waals surface area contributed by atoms with E-state index in [4.69, 9.17) is 14.2 Å². The molecule has 1 heterocycles. The van der Waals surface area contributed by atoms with Crippen molar-refractivity contribution in [1.29, 1.82) is 0 Å². The van der Waals surface area contributed by atoms with Gasteiger partial charge in [0, 0.05) is 12.0 Å². The van der Waals surface area contributed by atoms with Gasteiger partial charge in [-0.25, -0.2) is 4.79 Å². The van der Waals surface area contributed by atoms with E-state index in [0.29, 0.717) is 25.2 Å². The Kier molecular flexibility index (Phi) is 7.00. The van der Waals surface area contributed by atoms with E-state index in [-0.39, 0.29) is 13.2 Å². The zero-order valence-corrected chi connectivity index (χ0v) is 17.8. The maximum absolute atomic E-state index is 12.4. The summed E-state index contributed by atoms with van der Waals surface area (Å²) in [6.45, 7) is 0.726. The molecule has 1 atom stereocenters. The Hall–Kier alpha value is -3.41. The Morgan fingerprint density at radius 1 is 0.875 bits per heavy atom. The number of benzene rings is 3. The van der Waals surface area contributed by atoms with Crippen LogP contribution in [0.5, 0.6) is 5.75 Å². The summed E-state index contributed by atoms with van der Waals surface area (Å²) in [5.74, 6) is 0.329. The van der Waals surface area contributed by atoms with Crippen LogP contribution >= 0.6 is 0 Å². The molecule has 3 aromatic carbocycles. The van der Waals surface area contributed by atoms with Gasteiger partial charge in [-0.05, 0) is 34.9 Å². The maximum atomic E-state index is 12.4. The van der Waals surface area contributed by atoms with E-state index in [1.807, 2.05) is 84.9 Å². The summed E-state index contributed by atoms with van der Waals surface area (Å²) in [5, 5.41) is 9.90. The van der Waals surface area contributed by atoms with Crippen LogP contribution < -0.4 is 4.74 Å². The summed E-state index contributed by atoms with van der Waals surface area (Å²) in [5.41, 5.74) is 2.46. The largest absolute Gasteiger partial charge is 0.489 e. The van der Waals surface area contributed by atoms with E-state index < -0.39 is 11.6 Å². The van der Waals surface area contributed by atoms with Crippen molar-refractivity contribution in [2.45, 2.75) is 25.2 Å². The lowest BCUT2D eigenvalue weighted by Crippen LogP contribution is -2.38. The number of hydrogen-bond acceptors (Lipinski definition) is 5. The predicted octanol–water partition coefficient (Wildman–Crippen LogP) is 4.54. The molecular formula is C27H26O5. The molecule has 1 aliphatic heterocycles. The average molecular weight is 431 g/mol. The van der Waals surface area contributed by atoms with Gasteiger partial charge >= 0.3 is 5.97 Å². The summed E-state index contributed by atoms with van der Waals surface area (Å²) < 4.78 is 17.1. The first-order chi connectivity index (χ1) is 15.7. The lowest BCUT2D eigenvalue weighted by molar-refractivity contribution is -0.157. The van der Waals surface area contributed by atoms with Gasteiger partial charge in [-0.2, -0.15) is 0 Å². The highest BCUT2D eigenvalue weighted by atomic mass is 16.6. The van der Waals surface area contributed by atoms with Crippen molar-refractivity contribution >= 4 is 12.0 Å². The summed E-state index contributed by atoms with van der Waals surface area (Å²) in [6, 6.07) is 27.2. The molecule has 0 radical (unpaired) electrons. The Morgan fingerprint density at radius 3 is 2.12 bits per heavy atom. The molecule has 0 aliphatic carbocycles. The molecule has 1 unspecified atom stereocenters. The number of cyclic esters (lactones) is 1. The molecule has 0 amide bonds. The van der Waals surface area contributed by atoms with Gasteiger partial charge in [-0.1, -0.05) is 72.8 Å². The fourth-order valence-corrected chi connectivity index (χ4v) is 3.57. The number of carbonyl (C=O) groups is 1. The Morgan fingerprint density at radius 2 is 1.50 bits per heavy atom. The van der Waals surface area contributed by atoms with Gasteiger partial charge < -0.3 is 19.3 Å². The topological polar surface area (TPSA) is 65.0 Å². The number of esters is 1. The summed E-state index contributed by atoms with van der Waals surface area (Å²) in [6.07, 6.45) is 2.08. The van der Waals surface area contributed by atoms with Crippen molar-refractivity contribution in [1.82, 2.24) is 0 Å². The Labute approximate surface area is 187 Å². The lowest BCUT2D eigenvalue weighted by atomic mass is 9.98. The minimum absolute atomic E-state index is 0.133. The highest BCUT2D eigenvalue weighted by Crippen LogP contribution is 2.32. The zero-order valence-electron chi connectivity index (χ0n) is 17.8. The number of hydrogen-bond donors (Lipinski definition) is 1. The monoisotopic (exact) mass is 430 g/mol. The second-order valence-electron chi connectivity index (χ2n) is 7.90. The van der Waals surface area contributed by atoms with Gasteiger partial charge in [-0.3, -0.25) is 0 Å². The average Bonchev–Trinajstić information content (AvgIpc) is 3.15. The Balaban J connectivity index is 1.35. The van der Waals surface area contributed by atoms with E-state index in [1.54, 1.807) is 6.08 Å². The van der Waals surface area contributed by atoms with Crippen LogP contribution in [0.3, 0.4) is 0 Å². The number of aliphatic hydroxyl groups excluding tert-OH is 1. The maximum Gasteiger partial charge on any atom is 0.334 e. The fraction of sp³-hybridized carbons (Fsp3) is 0.222. The second kappa shape index (κ2) is 10.3. The molecule has 1 N–H and O–H groups in total. The third-order valence-electron chi connectivity index (χ3n) is 5.32. The van der Waals surface area contributed by atoms with E-state index in [2.05, 4.69) is 0 Å². The molecule has 1 saturated heterocycles. The first-order valence-electron chi connectivity index (χ1n) is 10.6. The molecule has 5 heteroatoms. The summed E-state index contributed by atoms with van der Waals surface area (Å²) >= 11 is 0. The molecule has 0 aromatic heterocycles. The van der Waals surface area contributed by atoms with Gasteiger partial charge in [0.1, 0.15) is 12.4 Å². The third kappa shape index (κ3) is 5.63. The van der Waals surface area contributed by atoms with Crippen LogP contribution in [-0.2, 0) is 27.5 Å². The standard InChI is InChI=1S/C27H26O5/c28-19-27(20-30-17-22-7-3-1-4-8-22)16-24(26(29)32-27)15-21-11-13-25(14-12-21)31-18-23-9-5-2-6-10-23/h1-15,28H,16-20H2/b24-15+. The first kappa shape index (κ1) is 21.8. The SMILES string of the molecule is O=C1OC(CO)(COCc2ccccc2)C/C1=C\c1ccc(OCc2ccccc2)cc1. The smallest absolute Gasteiger partial charge is 0.334 e. The molecule has 164 valence electrons. The number of ether oxygens (including phenoxy) is 3.